The van der Waals surface area contributed by atoms with Gasteiger partial charge in [0.2, 0.25) is 15.9 Å². The first-order valence-electron chi connectivity index (χ1n) is 9.19. The van der Waals surface area contributed by atoms with Crippen LogP contribution in [-0.2, 0) is 14.8 Å². The third kappa shape index (κ3) is 5.57. The molecule has 0 radical (unpaired) electrons. The largest absolute Gasteiger partial charge is 0.486 e. The molecule has 0 aliphatic carbocycles. The Hall–Kier alpha value is -2.39. The van der Waals surface area contributed by atoms with E-state index in [9.17, 15) is 13.2 Å². The number of thioether (sulfide) groups is 1. The van der Waals surface area contributed by atoms with E-state index in [4.69, 9.17) is 9.47 Å². The molecule has 9 heteroatoms. The quantitative estimate of drug-likeness (QED) is 0.639. The Morgan fingerprint density at radius 3 is 2.59 bits per heavy atom. The molecule has 1 aliphatic heterocycles. The van der Waals surface area contributed by atoms with E-state index in [-0.39, 0.29) is 18.9 Å². The number of amides is 1. The van der Waals surface area contributed by atoms with Gasteiger partial charge >= 0.3 is 0 Å². The van der Waals surface area contributed by atoms with Gasteiger partial charge in [-0.05, 0) is 36.9 Å². The van der Waals surface area contributed by atoms with Gasteiger partial charge in [-0.25, -0.2) is 8.42 Å². The van der Waals surface area contributed by atoms with Gasteiger partial charge in [0.25, 0.3) is 0 Å². The second-order valence-electron chi connectivity index (χ2n) is 6.52. The number of ether oxygens (including phenoxy) is 2. The van der Waals surface area contributed by atoms with Gasteiger partial charge in [0.15, 0.2) is 11.5 Å². The smallest absolute Gasteiger partial charge is 0.232 e. The zero-order valence-corrected chi connectivity index (χ0v) is 18.0. The zero-order valence-electron chi connectivity index (χ0n) is 16.4. The Morgan fingerprint density at radius 2 is 1.86 bits per heavy atom. The van der Waals surface area contributed by atoms with Gasteiger partial charge in [-0.1, -0.05) is 12.1 Å². The number of carbonyl (C=O) groups is 1. The van der Waals surface area contributed by atoms with Crippen molar-refractivity contribution in [1.82, 2.24) is 0 Å². The first-order valence-corrected chi connectivity index (χ1v) is 12.3. The van der Waals surface area contributed by atoms with Crippen LogP contribution >= 0.6 is 11.8 Å². The lowest BCUT2D eigenvalue weighted by atomic mass is 10.2. The molecule has 0 fully saturated rings. The molecule has 1 N–H and O–H groups in total. The molecule has 3 rings (SSSR count). The number of hydrogen-bond acceptors (Lipinski definition) is 6. The zero-order chi connectivity index (χ0) is 20.9. The molecular weight excluding hydrogens is 412 g/mol. The standard InChI is InChI=1S/C20H24N2O5S2/c1-28-19-7-4-3-6-16(19)21-20(23)8-5-11-22(29(2,24)25)15-9-10-17-18(14-15)27-13-12-26-17/h3-4,6-7,9-10,14H,5,8,11-13H2,1-2H3,(H,21,23). The highest BCUT2D eigenvalue weighted by Crippen LogP contribution is 2.34. The molecule has 2 aromatic rings. The fraction of sp³-hybridized carbons (Fsp3) is 0.350. The molecular formula is C20H24N2O5S2. The number of sulfonamides is 1. The van der Waals surface area contributed by atoms with Crippen LogP contribution in [-0.4, -0.2) is 46.6 Å². The van der Waals surface area contributed by atoms with Crippen molar-refractivity contribution >= 4 is 39.1 Å². The summed E-state index contributed by atoms with van der Waals surface area (Å²) in [6.45, 7) is 1.08. The highest BCUT2D eigenvalue weighted by atomic mass is 32.2. The highest BCUT2D eigenvalue weighted by molar-refractivity contribution is 7.98. The molecule has 156 valence electrons. The molecule has 29 heavy (non-hydrogen) atoms. The third-order valence-corrected chi connectivity index (χ3v) is 6.35. The number of fused-ring (bicyclic) bond motifs is 1. The molecule has 1 heterocycles. The molecule has 0 aromatic heterocycles. The van der Waals surface area contributed by atoms with Crippen molar-refractivity contribution in [3.8, 4) is 11.5 Å². The number of hydrogen-bond donors (Lipinski definition) is 1. The summed E-state index contributed by atoms with van der Waals surface area (Å²) < 4.78 is 36.9. The number of para-hydroxylation sites is 1. The molecule has 7 nitrogen and oxygen atoms in total. The minimum Gasteiger partial charge on any atom is -0.486 e. The summed E-state index contributed by atoms with van der Waals surface area (Å²) in [4.78, 5) is 13.3. The fourth-order valence-electron chi connectivity index (χ4n) is 3.02. The maximum Gasteiger partial charge on any atom is 0.232 e. The summed E-state index contributed by atoms with van der Waals surface area (Å²) >= 11 is 1.55. The summed E-state index contributed by atoms with van der Waals surface area (Å²) in [5.74, 6) is 0.969. The van der Waals surface area contributed by atoms with Crippen molar-refractivity contribution in [2.24, 2.45) is 0 Å². The van der Waals surface area contributed by atoms with E-state index in [2.05, 4.69) is 5.32 Å². The first kappa shape index (κ1) is 21.3. The topological polar surface area (TPSA) is 84.9 Å². The summed E-state index contributed by atoms with van der Waals surface area (Å²) in [6.07, 6.45) is 3.69. The van der Waals surface area contributed by atoms with Crippen LogP contribution in [0.5, 0.6) is 11.5 Å². The van der Waals surface area contributed by atoms with E-state index in [1.165, 1.54) is 4.31 Å². The molecule has 0 saturated carbocycles. The Bertz CT molecular complexity index is 979. The average molecular weight is 437 g/mol. The van der Waals surface area contributed by atoms with Gasteiger partial charge in [-0.3, -0.25) is 9.10 Å². The molecule has 0 atom stereocenters. The Kier molecular flexibility index (Phi) is 6.92. The molecule has 0 spiro atoms. The minimum atomic E-state index is -3.51. The number of nitrogens with zero attached hydrogens (tertiary/aromatic N) is 1. The van der Waals surface area contributed by atoms with Crippen molar-refractivity contribution in [2.45, 2.75) is 17.7 Å². The lowest BCUT2D eigenvalue weighted by molar-refractivity contribution is -0.116. The third-order valence-electron chi connectivity index (χ3n) is 4.36. The second kappa shape index (κ2) is 9.41. The Labute approximate surface area is 175 Å². The number of nitrogens with one attached hydrogen (secondary N) is 1. The number of anilines is 2. The van der Waals surface area contributed by atoms with Crippen LogP contribution in [0.4, 0.5) is 11.4 Å². The van der Waals surface area contributed by atoms with E-state index >= 15 is 0 Å². The van der Waals surface area contributed by atoms with Gasteiger partial charge in [0, 0.05) is 23.9 Å². The molecule has 1 aliphatic rings. The number of benzene rings is 2. The van der Waals surface area contributed by atoms with Crippen molar-refractivity contribution in [2.75, 3.05) is 41.9 Å². The molecule has 0 unspecified atom stereocenters. The lowest BCUT2D eigenvalue weighted by Gasteiger charge is -2.25. The van der Waals surface area contributed by atoms with Crippen LogP contribution in [0.1, 0.15) is 12.8 Å². The van der Waals surface area contributed by atoms with Gasteiger partial charge in [-0.2, -0.15) is 0 Å². The van der Waals surface area contributed by atoms with Gasteiger partial charge in [0.1, 0.15) is 13.2 Å². The molecule has 0 saturated heterocycles. The SMILES string of the molecule is CSc1ccccc1NC(=O)CCCN(c1ccc2c(c1)OCCO2)S(C)(=O)=O. The van der Waals surface area contributed by atoms with E-state index in [0.29, 0.717) is 36.8 Å². The van der Waals surface area contributed by atoms with E-state index in [1.807, 2.05) is 30.5 Å². The molecule has 2 aromatic carbocycles. The maximum absolute atomic E-state index is 12.3. The number of carbonyl (C=O) groups excluding carboxylic acids is 1. The van der Waals surface area contributed by atoms with E-state index in [0.717, 1.165) is 16.8 Å². The van der Waals surface area contributed by atoms with Crippen LogP contribution in [0.3, 0.4) is 0 Å². The first-order chi connectivity index (χ1) is 13.9. The molecule has 1 amide bonds. The van der Waals surface area contributed by atoms with Gasteiger partial charge in [0.05, 0.1) is 17.6 Å². The summed E-state index contributed by atoms with van der Waals surface area (Å²) in [5.41, 5.74) is 1.25. The van der Waals surface area contributed by atoms with Crippen LogP contribution in [0.15, 0.2) is 47.4 Å². The van der Waals surface area contributed by atoms with Crippen LogP contribution in [0, 0.1) is 0 Å². The average Bonchev–Trinajstić information content (AvgIpc) is 2.70. The Balaban J connectivity index is 1.64. The van der Waals surface area contributed by atoms with Crippen LogP contribution < -0.4 is 19.1 Å². The van der Waals surface area contributed by atoms with Crippen molar-refractivity contribution in [1.29, 1.82) is 0 Å². The van der Waals surface area contributed by atoms with Crippen molar-refractivity contribution in [3.05, 3.63) is 42.5 Å². The van der Waals surface area contributed by atoms with Gasteiger partial charge in [-0.15, -0.1) is 11.8 Å². The predicted molar refractivity (Wildman–Crippen MR) is 116 cm³/mol. The normalized spacial score (nSPS) is 13.0. The Morgan fingerprint density at radius 1 is 1.14 bits per heavy atom. The maximum atomic E-state index is 12.3. The summed E-state index contributed by atoms with van der Waals surface area (Å²) in [5, 5.41) is 2.89. The molecule has 0 bridgehead atoms. The van der Waals surface area contributed by atoms with Crippen LogP contribution in [0.2, 0.25) is 0 Å². The van der Waals surface area contributed by atoms with E-state index < -0.39 is 10.0 Å². The lowest BCUT2D eigenvalue weighted by Crippen LogP contribution is -2.31. The minimum absolute atomic E-state index is 0.151. The predicted octanol–water partition coefficient (Wildman–Crippen LogP) is 3.36. The van der Waals surface area contributed by atoms with E-state index in [1.54, 1.807) is 30.0 Å². The van der Waals surface area contributed by atoms with Crippen molar-refractivity contribution in [3.63, 3.8) is 0 Å². The monoisotopic (exact) mass is 436 g/mol. The fourth-order valence-corrected chi connectivity index (χ4v) is 4.53. The number of rotatable bonds is 8. The highest BCUT2D eigenvalue weighted by Gasteiger charge is 2.21. The van der Waals surface area contributed by atoms with Crippen molar-refractivity contribution < 1.29 is 22.7 Å². The summed E-state index contributed by atoms with van der Waals surface area (Å²) in [6, 6.07) is 12.6. The van der Waals surface area contributed by atoms with Gasteiger partial charge < -0.3 is 14.8 Å². The summed E-state index contributed by atoms with van der Waals surface area (Å²) in [7, 11) is -3.51. The van der Waals surface area contributed by atoms with Crippen LogP contribution in [0.25, 0.3) is 0 Å². The second-order valence-corrected chi connectivity index (χ2v) is 9.27.